The molecule has 4 heterocycles. The average molecular weight is 400 g/mol. The van der Waals surface area contributed by atoms with Gasteiger partial charge >= 0.3 is 0 Å². The van der Waals surface area contributed by atoms with Crippen molar-refractivity contribution in [2.75, 3.05) is 46.2 Å². The summed E-state index contributed by atoms with van der Waals surface area (Å²) in [5.41, 5.74) is 0.822. The summed E-state index contributed by atoms with van der Waals surface area (Å²) in [7, 11) is 0. The summed E-state index contributed by atoms with van der Waals surface area (Å²) in [4.78, 5) is 21.5. The lowest BCUT2D eigenvalue weighted by Crippen LogP contribution is -2.48. The number of morpholine rings is 1. The summed E-state index contributed by atoms with van der Waals surface area (Å²) in [5, 5.41) is 4.11. The third-order valence-corrected chi connectivity index (χ3v) is 5.64. The van der Waals surface area contributed by atoms with Gasteiger partial charge in [-0.2, -0.15) is 4.98 Å². The van der Waals surface area contributed by atoms with E-state index in [0.29, 0.717) is 50.3 Å². The van der Waals surface area contributed by atoms with Crippen LogP contribution in [0.2, 0.25) is 0 Å². The SMILES string of the molecule is O=C([C@@H]1CCCN(Cc2nc(-c3ccc4c(c3)OCO4)no2)C1)N1CCOCC1. The fourth-order valence-corrected chi connectivity index (χ4v) is 4.11. The number of ether oxygens (including phenoxy) is 3. The Balaban J connectivity index is 1.22. The van der Waals surface area contributed by atoms with Crippen LogP contribution in [-0.2, 0) is 16.1 Å². The minimum Gasteiger partial charge on any atom is -0.454 e. The van der Waals surface area contributed by atoms with Gasteiger partial charge < -0.3 is 23.6 Å². The van der Waals surface area contributed by atoms with Gasteiger partial charge in [-0.05, 0) is 37.6 Å². The largest absolute Gasteiger partial charge is 0.454 e. The molecule has 1 amide bonds. The lowest BCUT2D eigenvalue weighted by atomic mass is 9.96. The summed E-state index contributed by atoms with van der Waals surface area (Å²) in [6, 6.07) is 5.59. The van der Waals surface area contributed by atoms with Crippen molar-refractivity contribution in [1.29, 1.82) is 0 Å². The molecule has 154 valence electrons. The average Bonchev–Trinajstić information content (AvgIpc) is 3.43. The van der Waals surface area contributed by atoms with E-state index in [4.69, 9.17) is 18.7 Å². The predicted molar refractivity (Wildman–Crippen MR) is 101 cm³/mol. The van der Waals surface area contributed by atoms with Crippen LogP contribution in [0.15, 0.2) is 22.7 Å². The molecule has 29 heavy (non-hydrogen) atoms. The zero-order chi connectivity index (χ0) is 19.6. The van der Waals surface area contributed by atoms with Crippen molar-refractivity contribution in [3.05, 3.63) is 24.1 Å². The molecule has 5 rings (SSSR count). The van der Waals surface area contributed by atoms with E-state index >= 15 is 0 Å². The molecule has 2 saturated heterocycles. The van der Waals surface area contributed by atoms with E-state index in [0.717, 1.165) is 37.2 Å². The highest BCUT2D eigenvalue weighted by Gasteiger charge is 2.30. The normalized spacial score (nSPS) is 22.1. The van der Waals surface area contributed by atoms with E-state index in [9.17, 15) is 4.79 Å². The van der Waals surface area contributed by atoms with Crippen molar-refractivity contribution in [3.8, 4) is 22.9 Å². The number of piperidine rings is 1. The number of nitrogens with zero attached hydrogens (tertiary/aromatic N) is 4. The van der Waals surface area contributed by atoms with Gasteiger partial charge in [-0.25, -0.2) is 0 Å². The van der Waals surface area contributed by atoms with Crippen molar-refractivity contribution in [2.24, 2.45) is 5.92 Å². The highest BCUT2D eigenvalue weighted by Crippen LogP contribution is 2.35. The molecule has 1 aromatic heterocycles. The van der Waals surface area contributed by atoms with Gasteiger partial charge in [0.05, 0.1) is 25.7 Å². The molecule has 1 aromatic carbocycles. The quantitative estimate of drug-likeness (QED) is 0.763. The smallest absolute Gasteiger partial charge is 0.241 e. The number of hydrogen-bond donors (Lipinski definition) is 0. The number of likely N-dealkylation sites (tertiary alicyclic amines) is 1. The van der Waals surface area contributed by atoms with Crippen LogP contribution in [0.25, 0.3) is 11.4 Å². The van der Waals surface area contributed by atoms with Crippen molar-refractivity contribution in [3.63, 3.8) is 0 Å². The Bertz CT molecular complexity index is 880. The lowest BCUT2D eigenvalue weighted by Gasteiger charge is -2.35. The maximum atomic E-state index is 12.8. The number of benzene rings is 1. The summed E-state index contributed by atoms with van der Waals surface area (Å²) in [6.45, 7) is 5.07. The van der Waals surface area contributed by atoms with Crippen LogP contribution < -0.4 is 9.47 Å². The molecule has 0 saturated carbocycles. The molecule has 0 bridgehead atoms. The molecule has 0 spiro atoms. The van der Waals surface area contributed by atoms with E-state index in [1.54, 1.807) is 0 Å². The Morgan fingerprint density at radius 1 is 1.14 bits per heavy atom. The molecule has 0 radical (unpaired) electrons. The van der Waals surface area contributed by atoms with Crippen molar-refractivity contribution in [2.45, 2.75) is 19.4 Å². The second-order valence-corrected chi connectivity index (χ2v) is 7.59. The third-order valence-electron chi connectivity index (χ3n) is 5.64. The van der Waals surface area contributed by atoms with Crippen LogP contribution in [0, 0.1) is 5.92 Å². The maximum Gasteiger partial charge on any atom is 0.241 e. The monoisotopic (exact) mass is 400 g/mol. The lowest BCUT2D eigenvalue weighted by molar-refractivity contribution is -0.141. The second-order valence-electron chi connectivity index (χ2n) is 7.59. The van der Waals surface area contributed by atoms with Gasteiger partial charge in [0.15, 0.2) is 11.5 Å². The van der Waals surface area contributed by atoms with Crippen LogP contribution in [-0.4, -0.2) is 72.0 Å². The van der Waals surface area contributed by atoms with E-state index in [2.05, 4.69) is 15.0 Å². The summed E-state index contributed by atoms with van der Waals surface area (Å²) >= 11 is 0. The fraction of sp³-hybridized carbons (Fsp3) is 0.550. The van der Waals surface area contributed by atoms with Gasteiger partial charge in [0, 0.05) is 25.2 Å². The number of amides is 1. The molecule has 0 unspecified atom stereocenters. The first-order valence-electron chi connectivity index (χ1n) is 10.1. The van der Waals surface area contributed by atoms with Gasteiger partial charge in [-0.15, -0.1) is 0 Å². The van der Waals surface area contributed by atoms with Crippen LogP contribution in [0.3, 0.4) is 0 Å². The van der Waals surface area contributed by atoms with Gasteiger partial charge in [0.2, 0.25) is 24.4 Å². The first-order chi connectivity index (χ1) is 14.3. The number of hydrogen-bond acceptors (Lipinski definition) is 8. The molecular weight excluding hydrogens is 376 g/mol. The molecule has 0 aliphatic carbocycles. The van der Waals surface area contributed by atoms with Crippen LogP contribution in [0.1, 0.15) is 18.7 Å². The second kappa shape index (κ2) is 8.00. The molecule has 9 heteroatoms. The fourth-order valence-electron chi connectivity index (χ4n) is 4.11. The van der Waals surface area contributed by atoms with Crippen LogP contribution >= 0.6 is 0 Å². The Morgan fingerprint density at radius 3 is 2.90 bits per heavy atom. The number of rotatable bonds is 4. The summed E-state index contributed by atoms with van der Waals surface area (Å²) in [5.74, 6) is 2.76. The molecule has 2 aromatic rings. The zero-order valence-corrected chi connectivity index (χ0v) is 16.2. The summed E-state index contributed by atoms with van der Waals surface area (Å²) in [6.07, 6.45) is 1.92. The maximum absolute atomic E-state index is 12.8. The molecule has 3 aliphatic heterocycles. The van der Waals surface area contributed by atoms with Crippen molar-refractivity contribution in [1.82, 2.24) is 19.9 Å². The molecular formula is C20H24N4O5. The van der Waals surface area contributed by atoms with E-state index in [1.807, 2.05) is 23.1 Å². The van der Waals surface area contributed by atoms with E-state index in [-0.39, 0.29) is 18.6 Å². The van der Waals surface area contributed by atoms with Gasteiger partial charge in [0.1, 0.15) is 0 Å². The Labute approximate surface area is 168 Å². The topological polar surface area (TPSA) is 90.2 Å². The third kappa shape index (κ3) is 3.92. The first kappa shape index (κ1) is 18.4. The van der Waals surface area contributed by atoms with Crippen molar-refractivity contribution < 1.29 is 23.5 Å². The first-order valence-corrected chi connectivity index (χ1v) is 10.1. The highest BCUT2D eigenvalue weighted by atomic mass is 16.7. The van der Waals surface area contributed by atoms with Crippen LogP contribution in [0.5, 0.6) is 11.5 Å². The van der Waals surface area contributed by atoms with E-state index < -0.39 is 0 Å². The standard InChI is InChI=1S/C20H24N4O5/c25-20(24-6-8-26-9-7-24)15-2-1-5-23(11-15)12-18-21-19(22-29-18)14-3-4-16-17(10-14)28-13-27-16/h3-4,10,15H,1-2,5-9,11-13H2/t15-/m1/s1. The number of aromatic nitrogens is 2. The molecule has 1 atom stereocenters. The van der Waals surface area contributed by atoms with Crippen molar-refractivity contribution >= 4 is 5.91 Å². The Hall–Kier alpha value is -2.65. The number of carbonyl (C=O) groups is 1. The molecule has 9 nitrogen and oxygen atoms in total. The predicted octanol–water partition coefficient (Wildman–Crippen LogP) is 1.54. The Kier molecular flexibility index (Phi) is 5.07. The minimum absolute atomic E-state index is 0.0260. The Morgan fingerprint density at radius 2 is 2.00 bits per heavy atom. The molecule has 3 aliphatic rings. The van der Waals surface area contributed by atoms with Gasteiger partial charge in [-0.1, -0.05) is 5.16 Å². The van der Waals surface area contributed by atoms with E-state index in [1.165, 1.54) is 0 Å². The van der Waals surface area contributed by atoms with Gasteiger partial charge in [-0.3, -0.25) is 9.69 Å². The number of fused-ring (bicyclic) bond motifs is 1. The number of carbonyl (C=O) groups excluding carboxylic acids is 1. The highest BCUT2D eigenvalue weighted by molar-refractivity contribution is 5.79. The minimum atomic E-state index is 0.0260. The van der Waals surface area contributed by atoms with Crippen LogP contribution in [0.4, 0.5) is 0 Å². The summed E-state index contributed by atoms with van der Waals surface area (Å²) < 4.78 is 21.6. The zero-order valence-electron chi connectivity index (χ0n) is 16.2. The van der Waals surface area contributed by atoms with Gasteiger partial charge in [0.25, 0.3) is 0 Å². The molecule has 2 fully saturated rings. The molecule has 0 N–H and O–H groups in total.